The summed E-state index contributed by atoms with van der Waals surface area (Å²) in [5.41, 5.74) is 0.645. The number of hydrogen-bond acceptors (Lipinski definition) is 3. The third-order valence-corrected chi connectivity index (χ3v) is 3.16. The van der Waals surface area contributed by atoms with E-state index in [1.165, 1.54) is 24.3 Å². The van der Waals surface area contributed by atoms with Crippen molar-refractivity contribution in [3.63, 3.8) is 0 Å². The number of benzene rings is 1. The van der Waals surface area contributed by atoms with Crippen molar-refractivity contribution in [2.75, 3.05) is 5.32 Å². The number of unbranched alkanes of at least 4 members (excludes halogenated alkanes) is 3. The summed E-state index contributed by atoms with van der Waals surface area (Å²) in [6, 6.07) is 5.85. The van der Waals surface area contributed by atoms with Crippen LogP contribution in [0.3, 0.4) is 0 Å². The van der Waals surface area contributed by atoms with Crippen LogP contribution in [0, 0.1) is 0 Å². The first-order chi connectivity index (χ1) is 9.99. The number of anilines is 1. The smallest absolute Gasteiger partial charge is 0.545 e. The third kappa shape index (κ3) is 9.18. The van der Waals surface area contributed by atoms with Crippen LogP contribution in [0.1, 0.15) is 55.8 Å². The van der Waals surface area contributed by atoms with Crippen LogP contribution in [0.4, 0.5) is 10.1 Å². The summed E-state index contributed by atoms with van der Waals surface area (Å²) >= 11 is 0. The zero-order valence-corrected chi connectivity index (χ0v) is 15.2. The minimum absolute atomic E-state index is 0. The Morgan fingerprint density at radius 2 is 1.73 bits per heavy atom. The molecule has 0 aromatic heterocycles. The summed E-state index contributed by atoms with van der Waals surface area (Å²) in [7, 11) is 0. The van der Waals surface area contributed by atoms with E-state index in [2.05, 4.69) is 5.32 Å². The summed E-state index contributed by atoms with van der Waals surface area (Å²) in [6.07, 6.45) is 3.70. The number of nitrogens with one attached hydrogen (secondary N) is 1. The zero-order chi connectivity index (χ0) is 15.7. The van der Waals surface area contributed by atoms with Crippen molar-refractivity contribution in [2.24, 2.45) is 0 Å². The van der Waals surface area contributed by atoms with E-state index in [9.17, 15) is 19.1 Å². The summed E-state index contributed by atoms with van der Waals surface area (Å²) in [6.45, 7) is 1.55. The second-order valence-corrected chi connectivity index (χ2v) is 5.15. The molecule has 6 heteroatoms. The molecule has 1 aromatic rings. The minimum Gasteiger partial charge on any atom is -0.545 e. The Morgan fingerprint density at radius 3 is 2.27 bits per heavy atom. The predicted molar refractivity (Wildman–Crippen MR) is 77.7 cm³/mol. The molecule has 0 heterocycles. The van der Waals surface area contributed by atoms with Gasteiger partial charge in [-0.15, -0.1) is 0 Å². The Labute approximate surface area is 152 Å². The molecule has 22 heavy (non-hydrogen) atoms. The number of hydrogen-bond donors (Lipinski definition) is 1. The molecule has 1 rings (SSSR count). The van der Waals surface area contributed by atoms with Gasteiger partial charge in [0.15, 0.2) is 0 Å². The van der Waals surface area contributed by atoms with Gasteiger partial charge >= 0.3 is 29.6 Å². The monoisotopic (exact) mass is 317 g/mol. The molecule has 0 bridgehead atoms. The van der Waals surface area contributed by atoms with Crippen molar-refractivity contribution in [3.8, 4) is 0 Å². The number of carboxylic acid groups (broad SMARTS) is 1. The normalized spacial score (nSPS) is 11.4. The van der Waals surface area contributed by atoms with Crippen LogP contribution in [-0.4, -0.2) is 18.0 Å². The average molecular weight is 317 g/mol. The van der Waals surface area contributed by atoms with E-state index in [0.717, 1.165) is 25.7 Å². The van der Waals surface area contributed by atoms with Crippen molar-refractivity contribution in [3.05, 3.63) is 29.8 Å². The van der Waals surface area contributed by atoms with Crippen LogP contribution >= 0.6 is 0 Å². The minimum atomic E-state index is -1.24. The summed E-state index contributed by atoms with van der Waals surface area (Å²) in [4.78, 5) is 22.3. The first-order valence-electron chi connectivity index (χ1n) is 7.24. The summed E-state index contributed by atoms with van der Waals surface area (Å²) < 4.78 is 12.6. The number of amides is 1. The van der Waals surface area contributed by atoms with Gasteiger partial charge in [-0.1, -0.05) is 31.4 Å². The van der Waals surface area contributed by atoms with Crippen LogP contribution < -0.4 is 40.0 Å². The van der Waals surface area contributed by atoms with Crippen LogP contribution in [0.2, 0.25) is 0 Å². The van der Waals surface area contributed by atoms with Crippen molar-refractivity contribution >= 4 is 17.6 Å². The van der Waals surface area contributed by atoms with Gasteiger partial charge in [0, 0.05) is 12.1 Å². The number of halogens is 1. The number of rotatable bonds is 9. The summed E-state index contributed by atoms with van der Waals surface area (Å²) in [5, 5.41) is 13.3. The van der Waals surface area contributed by atoms with Crippen LogP contribution in [0.15, 0.2) is 24.3 Å². The van der Waals surface area contributed by atoms with Gasteiger partial charge in [0.05, 0.1) is 12.1 Å². The molecular formula is C16H21FNNaO3. The van der Waals surface area contributed by atoms with Crippen LogP contribution in [0.5, 0.6) is 0 Å². The molecule has 1 aromatic carbocycles. The van der Waals surface area contributed by atoms with Crippen molar-refractivity contribution in [2.45, 2.75) is 51.6 Å². The fourth-order valence-corrected chi connectivity index (χ4v) is 1.98. The molecule has 4 nitrogen and oxygen atoms in total. The summed E-state index contributed by atoms with van der Waals surface area (Å²) in [5.74, 6) is -1.34. The number of carbonyl (C=O) groups excluding carboxylic acids is 2. The quantitative estimate of drug-likeness (QED) is 0.502. The Morgan fingerprint density at radius 1 is 1.14 bits per heavy atom. The van der Waals surface area contributed by atoms with Gasteiger partial charge in [-0.25, -0.2) is 4.39 Å². The van der Waals surface area contributed by atoms with Gasteiger partial charge < -0.3 is 15.2 Å². The van der Waals surface area contributed by atoms with Gasteiger partial charge in [-0.3, -0.25) is 4.79 Å². The average Bonchev–Trinajstić information content (AvgIpc) is 2.43. The Hall–Kier alpha value is -0.910. The molecule has 0 saturated carbocycles. The Bertz CT molecular complexity index is 463. The van der Waals surface area contributed by atoms with Crippen molar-refractivity contribution < 1.29 is 48.6 Å². The second-order valence-electron chi connectivity index (χ2n) is 5.15. The second kappa shape index (κ2) is 11.6. The fourth-order valence-electron chi connectivity index (χ4n) is 1.98. The molecule has 0 aliphatic heterocycles. The van der Waals surface area contributed by atoms with E-state index in [4.69, 9.17) is 0 Å². The first-order valence-corrected chi connectivity index (χ1v) is 7.24. The van der Waals surface area contributed by atoms with E-state index >= 15 is 0 Å². The van der Waals surface area contributed by atoms with E-state index in [-0.39, 0.29) is 41.0 Å². The zero-order valence-electron chi connectivity index (χ0n) is 13.2. The topological polar surface area (TPSA) is 69.2 Å². The van der Waals surface area contributed by atoms with Crippen LogP contribution in [0.25, 0.3) is 0 Å². The van der Waals surface area contributed by atoms with Gasteiger partial charge in [0.2, 0.25) is 5.91 Å². The molecule has 0 fully saturated rings. The third-order valence-electron chi connectivity index (χ3n) is 3.16. The first kappa shape index (κ1) is 21.1. The molecule has 1 atom stereocenters. The maximum atomic E-state index is 12.6. The molecule has 0 radical (unpaired) electrons. The molecule has 0 spiro atoms. The largest absolute Gasteiger partial charge is 1.00 e. The van der Waals surface area contributed by atoms with E-state index < -0.39 is 12.1 Å². The van der Waals surface area contributed by atoms with Gasteiger partial charge in [0.1, 0.15) is 0 Å². The molecule has 1 unspecified atom stereocenters. The van der Waals surface area contributed by atoms with Gasteiger partial charge in [0.25, 0.3) is 0 Å². The Balaban J connectivity index is 0.00000441. The molecule has 116 valence electrons. The van der Waals surface area contributed by atoms with Gasteiger partial charge in [-0.05, 0) is 37.5 Å². The molecule has 0 saturated heterocycles. The molecule has 0 aliphatic rings. The molecule has 0 aliphatic carbocycles. The van der Waals surface area contributed by atoms with Crippen molar-refractivity contribution in [1.29, 1.82) is 0 Å². The molecular weight excluding hydrogens is 296 g/mol. The van der Waals surface area contributed by atoms with E-state index in [1.54, 1.807) is 6.92 Å². The predicted octanol–water partition coefficient (Wildman–Crippen LogP) is -0.309. The van der Waals surface area contributed by atoms with E-state index in [0.29, 0.717) is 18.5 Å². The number of carboxylic acids is 1. The molecule has 1 amide bonds. The fraction of sp³-hybridized carbons (Fsp3) is 0.500. The number of carbonyl (C=O) groups is 2. The standard InChI is InChI=1S/C16H22FNO3.Na/c1-12(17)6-4-2-3-5-7-15(19)18-14-10-8-13(9-11-14)16(20)21;/h8-12H,2-7H2,1H3,(H,18,19)(H,20,21);/q;+1/p-1. The SMILES string of the molecule is CC(F)CCCCCCC(=O)Nc1ccc(C(=O)[O-])cc1.[Na+]. The molecule has 1 N–H and O–H groups in total. The number of aromatic carboxylic acids is 1. The maximum Gasteiger partial charge on any atom is 1.00 e. The van der Waals surface area contributed by atoms with Crippen LogP contribution in [-0.2, 0) is 4.79 Å². The number of alkyl halides is 1. The Kier molecular flexibility index (Phi) is 11.1. The van der Waals surface area contributed by atoms with Crippen molar-refractivity contribution in [1.82, 2.24) is 0 Å². The van der Waals surface area contributed by atoms with E-state index in [1.807, 2.05) is 0 Å². The van der Waals surface area contributed by atoms with Gasteiger partial charge in [-0.2, -0.15) is 0 Å². The maximum absolute atomic E-state index is 12.6.